The molecule has 1 aliphatic heterocycles. The first kappa shape index (κ1) is 20.2. The lowest BCUT2D eigenvalue weighted by Gasteiger charge is -2.38. The zero-order valence-electron chi connectivity index (χ0n) is 16.5. The van der Waals surface area contributed by atoms with Crippen LogP contribution < -0.4 is 10.6 Å². The van der Waals surface area contributed by atoms with Crippen molar-refractivity contribution in [1.29, 1.82) is 0 Å². The number of nitrogens with two attached hydrogens (primary N) is 1. The number of H-pyrrole nitrogens is 1. The van der Waals surface area contributed by atoms with E-state index in [1.165, 1.54) is 6.08 Å². The standard InChI is InChI=1S/C20H24F2N6O2/c21-20(22)5-3-13(4-6-20)19(30)28-9-7-27(8-10-28)16-12-25-18-17(26-16)14(11-24-18)1-2-15(23)29/h1-2,11-13H,3-10H2,(H2,23,29)(H,24,25)/b2-1+. The minimum absolute atomic E-state index is 0.0174. The lowest BCUT2D eigenvalue weighted by molar-refractivity contribution is -0.140. The molecule has 1 saturated carbocycles. The zero-order chi connectivity index (χ0) is 21.3. The Morgan fingerprint density at radius 3 is 2.57 bits per heavy atom. The van der Waals surface area contributed by atoms with Crippen molar-refractivity contribution < 1.29 is 18.4 Å². The summed E-state index contributed by atoms with van der Waals surface area (Å²) < 4.78 is 26.7. The van der Waals surface area contributed by atoms with Crippen molar-refractivity contribution in [3.05, 3.63) is 24.0 Å². The molecule has 3 heterocycles. The van der Waals surface area contributed by atoms with Crippen molar-refractivity contribution in [2.75, 3.05) is 31.1 Å². The van der Waals surface area contributed by atoms with Crippen molar-refractivity contribution in [2.24, 2.45) is 11.7 Å². The maximum absolute atomic E-state index is 13.4. The molecule has 0 unspecified atom stereocenters. The molecule has 3 N–H and O–H groups in total. The number of nitrogens with zero attached hydrogens (tertiary/aromatic N) is 4. The third kappa shape index (κ3) is 4.27. The molecule has 2 amide bonds. The highest BCUT2D eigenvalue weighted by molar-refractivity contribution is 5.93. The van der Waals surface area contributed by atoms with Crippen LogP contribution in [0.3, 0.4) is 0 Å². The van der Waals surface area contributed by atoms with E-state index in [9.17, 15) is 18.4 Å². The van der Waals surface area contributed by atoms with Crippen LogP contribution in [-0.4, -0.2) is 63.8 Å². The zero-order valence-corrected chi connectivity index (χ0v) is 16.5. The van der Waals surface area contributed by atoms with Crippen LogP contribution >= 0.6 is 0 Å². The highest BCUT2D eigenvalue weighted by atomic mass is 19.3. The van der Waals surface area contributed by atoms with Gasteiger partial charge in [0.1, 0.15) is 11.3 Å². The minimum atomic E-state index is -2.63. The summed E-state index contributed by atoms with van der Waals surface area (Å²) in [6.45, 7) is 2.22. The lowest BCUT2D eigenvalue weighted by Crippen LogP contribution is -2.51. The summed E-state index contributed by atoms with van der Waals surface area (Å²) in [7, 11) is 0. The van der Waals surface area contributed by atoms with Gasteiger partial charge >= 0.3 is 0 Å². The molecular formula is C20H24F2N6O2. The largest absolute Gasteiger partial charge is 0.366 e. The molecule has 0 aromatic carbocycles. The van der Waals surface area contributed by atoms with Crippen LogP contribution in [0.2, 0.25) is 0 Å². The first-order valence-electron chi connectivity index (χ1n) is 10.1. The molecule has 1 aliphatic carbocycles. The monoisotopic (exact) mass is 418 g/mol. The molecule has 30 heavy (non-hydrogen) atoms. The molecule has 2 aromatic heterocycles. The van der Waals surface area contributed by atoms with Crippen LogP contribution in [0, 0.1) is 5.92 Å². The Bertz CT molecular complexity index is 971. The number of carbonyl (C=O) groups is 2. The number of hydrogen-bond donors (Lipinski definition) is 2. The van der Waals surface area contributed by atoms with Gasteiger partial charge in [-0.1, -0.05) is 0 Å². The molecule has 2 aliphatic rings. The second-order valence-electron chi connectivity index (χ2n) is 7.85. The van der Waals surface area contributed by atoms with Gasteiger partial charge in [-0.25, -0.2) is 18.7 Å². The number of piperazine rings is 1. The number of nitrogens with one attached hydrogen (secondary N) is 1. The average molecular weight is 418 g/mol. The van der Waals surface area contributed by atoms with E-state index in [4.69, 9.17) is 5.73 Å². The maximum Gasteiger partial charge on any atom is 0.248 e. The van der Waals surface area contributed by atoms with E-state index in [0.29, 0.717) is 48.7 Å². The van der Waals surface area contributed by atoms with E-state index >= 15 is 0 Å². The highest BCUT2D eigenvalue weighted by Crippen LogP contribution is 2.37. The lowest BCUT2D eigenvalue weighted by atomic mass is 9.86. The number of halogens is 2. The molecular weight excluding hydrogens is 394 g/mol. The predicted octanol–water partition coefficient (Wildman–Crippen LogP) is 1.93. The predicted molar refractivity (Wildman–Crippen MR) is 108 cm³/mol. The third-order valence-electron chi connectivity index (χ3n) is 5.81. The van der Waals surface area contributed by atoms with E-state index < -0.39 is 11.8 Å². The number of aromatic nitrogens is 3. The van der Waals surface area contributed by atoms with Gasteiger partial charge in [0.15, 0.2) is 5.65 Å². The van der Waals surface area contributed by atoms with E-state index in [0.717, 1.165) is 0 Å². The van der Waals surface area contributed by atoms with Gasteiger partial charge in [0.25, 0.3) is 0 Å². The van der Waals surface area contributed by atoms with E-state index in [1.54, 1.807) is 23.4 Å². The first-order chi connectivity index (χ1) is 14.3. The van der Waals surface area contributed by atoms with Gasteiger partial charge < -0.3 is 20.5 Å². The van der Waals surface area contributed by atoms with Crippen molar-refractivity contribution in [3.63, 3.8) is 0 Å². The molecule has 0 radical (unpaired) electrons. The van der Waals surface area contributed by atoms with Gasteiger partial charge in [-0.3, -0.25) is 9.59 Å². The molecule has 2 fully saturated rings. The quantitative estimate of drug-likeness (QED) is 0.738. The van der Waals surface area contributed by atoms with Crippen molar-refractivity contribution in [1.82, 2.24) is 19.9 Å². The first-order valence-corrected chi connectivity index (χ1v) is 10.1. The Morgan fingerprint density at radius 1 is 1.20 bits per heavy atom. The Kier molecular flexibility index (Phi) is 5.40. The summed E-state index contributed by atoms with van der Waals surface area (Å²) in [5.41, 5.74) is 7.10. The third-order valence-corrected chi connectivity index (χ3v) is 5.81. The molecule has 4 rings (SSSR count). The molecule has 10 heteroatoms. The summed E-state index contributed by atoms with van der Waals surface area (Å²) in [5, 5.41) is 0. The number of carbonyl (C=O) groups excluding carboxylic acids is 2. The van der Waals surface area contributed by atoms with Crippen molar-refractivity contribution in [2.45, 2.75) is 31.6 Å². The smallest absolute Gasteiger partial charge is 0.248 e. The summed E-state index contributed by atoms with van der Waals surface area (Å²) in [4.78, 5) is 39.5. The number of rotatable bonds is 4. The fourth-order valence-corrected chi connectivity index (χ4v) is 4.05. The van der Waals surface area contributed by atoms with Gasteiger partial charge in [-0.2, -0.15) is 0 Å². The van der Waals surface area contributed by atoms with Crippen LogP contribution in [0.15, 0.2) is 18.5 Å². The van der Waals surface area contributed by atoms with Crippen LogP contribution in [0.25, 0.3) is 17.2 Å². The van der Waals surface area contributed by atoms with Crippen molar-refractivity contribution in [3.8, 4) is 0 Å². The van der Waals surface area contributed by atoms with Crippen LogP contribution in [0.5, 0.6) is 0 Å². The molecule has 0 spiro atoms. The summed E-state index contributed by atoms with van der Waals surface area (Å²) >= 11 is 0. The molecule has 2 aromatic rings. The van der Waals surface area contributed by atoms with E-state index in [-0.39, 0.29) is 37.5 Å². The van der Waals surface area contributed by atoms with Crippen LogP contribution in [0.4, 0.5) is 14.6 Å². The van der Waals surface area contributed by atoms with Gasteiger partial charge in [0, 0.05) is 62.8 Å². The van der Waals surface area contributed by atoms with Gasteiger partial charge in [0.05, 0.1) is 6.20 Å². The second kappa shape index (κ2) is 8.00. The number of anilines is 1. The van der Waals surface area contributed by atoms with Crippen LogP contribution in [0.1, 0.15) is 31.2 Å². The number of primary amides is 1. The minimum Gasteiger partial charge on any atom is -0.366 e. The van der Waals surface area contributed by atoms with Gasteiger partial charge in [-0.05, 0) is 18.9 Å². The van der Waals surface area contributed by atoms with Gasteiger partial charge in [0.2, 0.25) is 17.7 Å². The SMILES string of the molecule is NC(=O)/C=C/c1c[nH]c2ncc(N3CCN(C(=O)C4CCC(F)(F)CC4)CC3)nc12. The molecule has 1 saturated heterocycles. The average Bonchev–Trinajstić information content (AvgIpc) is 3.14. The fourth-order valence-electron chi connectivity index (χ4n) is 4.05. The Hall–Kier alpha value is -3.04. The number of aromatic amines is 1. The number of alkyl halides is 2. The van der Waals surface area contributed by atoms with E-state index in [2.05, 4.69) is 15.0 Å². The summed E-state index contributed by atoms with van der Waals surface area (Å²) in [5.74, 6) is -2.81. The number of hydrogen-bond acceptors (Lipinski definition) is 5. The maximum atomic E-state index is 13.4. The molecule has 160 valence electrons. The molecule has 0 atom stereocenters. The summed E-state index contributed by atoms with van der Waals surface area (Å²) in [6, 6.07) is 0. The topological polar surface area (TPSA) is 108 Å². The molecule has 0 bridgehead atoms. The molecule has 8 nitrogen and oxygen atoms in total. The fraction of sp³-hybridized carbons (Fsp3) is 0.500. The van der Waals surface area contributed by atoms with E-state index in [1.807, 2.05) is 4.90 Å². The Labute approximate surface area is 172 Å². The number of fused-ring (bicyclic) bond motifs is 1. The van der Waals surface area contributed by atoms with Crippen LogP contribution in [-0.2, 0) is 9.59 Å². The van der Waals surface area contributed by atoms with Gasteiger partial charge in [-0.15, -0.1) is 0 Å². The Morgan fingerprint density at radius 2 is 1.90 bits per heavy atom. The normalized spacial score (nSPS) is 20.2. The number of amides is 2. The second-order valence-corrected chi connectivity index (χ2v) is 7.85. The highest BCUT2D eigenvalue weighted by Gasteiger charge is 2.39. The summed E-state index contributed by atoms with van der Waals surface area (Å²) in [6.07, 6.45) is 6.32. The Balaban J connectivity index is 1.40. The van der Waals surface area contributed by atoms with Crippen molar-refractivity contribution >= 4 is 34.9 Å².